The molecule has 0 aliphatic heterocycles. The fourth-order valence-electron chi connectivity index (χ4n) is 4.34. The highest BCUT2D eigenvalue weighted by Gasteiger charge is 2.18. The van der Waals surface area contributed by atoms with Crippen LogP contribution in [0.25, 0.3) is 10.9 Å². The molecule has 1 atom stereocenters. The number of nitroso groups, excluding NO2 is 1. The molecule has 0 aliphatic carbocycles. The van der Waals surface area contributed by atoms with Crippen LogP contribution in [0.15, 0.2) is 76.9 Å². The van der Waals surface area contributed by atoms with Crippen LogP contribution in [0, 0.1) is 4.91 Å². The quantitative estimate of drug-likeness (QED) is 0.209. The number of hydrogen-bond donors (Lipinski definition) is 2. The molecule has 2 aromatic heterocycles. The average Bonchev–Trinajstić information content (AvgIpc) is 3.25. The molecule has 2 aromatic carbocycles. The van der Waals surface area contributed by atoms with Crippen molar-refractivity contribution in [2.24, 2.45) is 5.18 Å². The van der Waals surface area contributed by atoms with E-state index in [1.807, 2.05) is 54.6 Å². The molecule has 0 spiro atoms. The normalized spacial score (nSPS) is 12.0. The summed E-state index contributed by atoms with van der Waals surface area (Å²) in [6.45, 7) is 4.93. The van der Waals surface area contributed by atoms with Gasteiger partial charge in [-0.25, -0.2) is 0 Å². The van der Waals surface area contributed by atoms with Crippen LogP contribution in [-0.4, -0.2) is 32.9 Å². The highest BCUT2D eigenvalue weighted by Crippen LogP contribution is 2.25. The molecule has 0 fully saturated rings. The van der Waals surface area contributed by atoms with Crippen molar-refractivity contribution in [3.63, 3.8) is 0 Å². The van der Waals surface area contributed by atoms with Crippen LogP contribution in [0.4, 0.5) is 0 Å². The van der Waals surface area contributed by atoms with Gasteiger partial charge in [0.05, 0.1) is 18.3 Å². The number of fused-ring (bicyclic) bond motifs is 1. The van der Waals surface area contributed by atoms with Gasteiger partial charge < -0.3 is 15.0 Å². The van der Waals surface area contributed by atoms with Gasteiger partial charge in [0.15, 0.2) is 0 Å². The first-order chi connectivity index (χ1) is 17.6. The number of nitrogens with zero attached hydrogens (tertiary/aromatic N) is 3. The largest absolute Gasteiger partial charge is 0.394 e. The van der Waals surface area contributed by atoms with Gasteiger partial charge in [-0.15, -0.1) is 11.8 Å². The molecule has 0 saturated heterocycles. The van der Waals surface area contributed by atoms with E-state index in [9.17, 15) is 14.8 Å². The topological polar surface area (TPSA) is 96.6 Å². The van der Waals surface area contributed by atoms with Gasteiger partial charge in [0.1, 0.15) is 6.54 Å². The minimum Gasteiger partial charge on any atom is -0.394 e. The first-order valence-electron chi connectivity index (χ1n) is 12.1. The van der Waals surface area contributed by atoms with Crippen molar-refractivity contribution in [2.75, 3.05) is 12.4 Å². The summed E-state index contributed by atoms with van der Waals surface area (Å²) in [7, 11) is 0. The Morgan fingerprint density at radius 2 is 1.86 bits per heavy atom. The summed E-state index contributed by atoms with van der Waals surface area (Å²) in [6, 6.07) is 18.9. The third-order valence-corrected chi connectivity index (χ3v) is 7.00. The van der Waals surface area contributed by atoms with Crippen molar-refractivity contribution in [1.82, 2.24) is 14.9 Å². The minimum absolute atomic E-state index is 0.177. The fraction of sp³-hybridized carbons (Fsp3) is 0.286. The molecular weight excluding hydrogens is 472 g/mol. The predicted octanol–water partition coefficient (Wildman–Crippen LogP) is 5.49. The molecule has 4 rings (SSSR count). The molecular formula is C28H30N4O3S. The summed E-state index contributed by atoms with van der Waals surface area (Å²) in [5.74, 6) is 0.700. The van der Waals surface area contributed by atoms with Crippen LogP contribution in [0.5, 0.6) is 0 Å². The Labute approximate surface area is 214 Å². The lowest BCUT2D eigenvalue weighted by atomic mass is 10.1. The van der Waals surface area contributed by atoms with Crippen LogP contribution in [0.1, 0.15) is 52.8 Å². The van der Waals surface area contributed by atoms with Gasteiger partial charge in [-0.05, 0) is 60.2 Å². The van der Waals surface area contributed by atoms with Gasteiger partial charge in [-0.2, -0.15) is 4.91 Å². The summed E-state index contributed by atoms with van der Waals surface area (Å²) in [4.78, 5) is 29.0. The summed E-state index contributed by atoms with van der Waals surface area (Å²) >= 11 is 1.69. The number of pyridine rings is 1. The molecule has 1 amide bonds. The molecule has 36 heavy (non-hydrogen) atoms. The minimum atomic E-state index is -0.581. The van der Waals surface area contributed by atoms with E-state index in [0.717, 1.165) is 51.3 Å². The lowest BCUT2D eigenvalue weighted by Gasteiger charge is -2.16. The number of aliphatic hydroxyl groups excluding tert-OH is 1. The molecule has 2 heterocycles. The highest BCUT2D eigenvalue weighted by molar-refractivity contribution is 7.99. The number of aromatic nitrogens is 2. The Morgan fingerprint density at radius 1 is 1.08 bits per heavy atom. The number of thioether (sulfide) groups is 1. The molecule has 186 valence electrons. The van der Waals surface area contributed by atoms with Crippen molar-refractivity contribution >= 4 is 28.6 Å². The van der Waals surface area contributed by atoms with E-state index in [-0.39, 0.29) is 19.1 Å². The van der Waals surface area contributed by atoms with Crippen LogP contribution in [-0.2, 0) is 19.5 Å². The van der Waals surface area contributed by atoms with E-state index < -0.39 is 6.04 Å². The molecule has 2 N–H and O–H groups in total. The van der Waals surface area contributed by atoms with Crippen LogP contribution < -0.4 is 5.32 Å². The second kappa shape index (κ2) is 12.0. The summed E-state index contributed by atoms with van der Waals surface area (Å²) in [5.41, 5.74) is 5.41. The van der Waals surface area contributed by atoms with Crippen molar-refractivity contribution in [3.05, 3.63) is 99.8 Å². The first kappa shape index (κ1) is 25.6. The Bertz CT molecular complexity index is 1330. The first-order valence-corrected chi connectivity index (χ1v) is 13.0. The van der Waals surface area contributed by atoms with Gasteiger partial charge in [-0.3, -0.25) is 9.78 Å². The zero-order chi connectivity index (χ0) is 25.5. The zero-order valence-electron chi connectivity index (χ0n) is 20.5. The molecule has 7 nitrogen and oxygen atoms in total. The number of carbonyl (C=O) groups is 1. The number of carbonyl (C=O) groups excluding carboxylic acids is 1. The van der Waals surface area contributed by atoms with Gasteiger partial charge in [-0.1, -0.05) is 36.4 Å². The van der Waals surface area contributed by atoms with E-state index in [1.165, 1.54) is 0 Å². The molecule has 0 bridgehead atoms. The van der Waals surface area contributed by atoms with E-state index in [0.29, 0.717) is 11.3 Å². The second-order valence-electron chi connectivity index (χ2n) is 8.49. The third-order valence-electron chi connectivity index (χ3n) is 6.14. The summed E-state index contributed by atoms with van der Waals surface area (Å²) < 4.78 is 2.24. The van der Waals surface area contributed by atoms with Crippen molar-refractivity contribution in [3.8, 4) is 0 Å². The lowest BCUT2D eigenvalue weighted by Crippen LogP contribution is -2.31. The molecule has 0 radical (unpaired) electrons. The van der Waals surface area contributed by atoms with Gasteiger partial charge in [0.2, 0.25) is 0 Å². The zero-order valence-corrected chi connectivity index (χ0v) is 21.3. The summed E-state index contributed by atoms with van der Waals surface area (Å²) in [5, 5.41) is 16.7. The maximum absolute atomic E-state index is 13.0. The second-order valence-corrected chi connectivity index (χ2v) is 9.83. The SMILES string of the molecule is CCSc1ccc(C(CO)NC(=O)c2ccc3c(c2)cc(Cc2ccc(CN=O)cc2)n3CC)nc1. The molecule has 1 unspecified atom stereocenters. The number of hydrogen-bond acceptors (Lipinski definition) is 6. The maximum atomic E-state index is 13.0. The third kappa shape index (κ3) is 5.83. The Kier molecular flexibility index (Phi) is 8.51. The lowest BCUT2D eigenvalue weighted by molar-refractivity contribution is 0.0915. The van der Waals surface area contributed by atoms with Gasteiger partial charge >= 0.3 is 0 Å². The highest BCUT2D eigenvalue weighted by atomic mass is 32.2. The maximum Gasteiger partial charge on any atom is 0.251 e. The van der Waals surface area contributed by atoms with Gasteiger partial charge in [0, 0.05) is 46.2 Å². The standard InChI is InChI=1S/C28H30N4O3S/c1-3-32-23(13-19-5-7-20(8-6-19)16-30-35)15-22-14-21(9-12-27(22)32)28(34)31-26(18-33)25-11-10-24(17-29-25)36-4-2/h5-12,14-15,17,26,33H,3-4,13,16,18H2,1-2H3,(H,31,34). The van der Waals surface area contributed by atoms with Crippen molar-refractivity contribution in [2.45, 2.75) is 44.3 Å². The van der Waals surface area contributed by atoms with Crippen molar-refractivity contribution < 1.29 is 9.90 Å². The Hall–Kier alpha value is -3.49. The monoisotopic (exact) mass is 502 g/mol. The number of rotatable bonds is 11. The van der Waals surface area contributed by atoms with Crippen LogP contribution in [0.3, 0.4) is 0 Å². The van der Waals surface area contributed by atoms with E-state index in [1.54, 1.807) is 18.0 Å². The molecule has 8 heteroatoms. The number of nitrogens with one attached hydrogen (secondary N) is 1. The molecule has 0 aliphatic rings. The summed E-state index contributed by atoms with van der Waals surface area (Å²) in [6.07, 6.45) is 2.51. The van der Waals surface area contributed by atoms with E-state index in [2.05, 4.69) is 40.0 Å². The van der Waals surface area contributed by atoms with Crippen molar-refractivity contribution in [1.29, 1.82) is 0 Å². The number of benzene rings is 2. The molecule has 0 saturated carbocycles. The predicted molar refractivity (Wildman–Crippen MR) is 144 cm³/mol. The van der Waals surface area contributed by atoms with Crippen LogP contribution in [0.2, 0.25) is 0 Å². The number of aryl methyl sites for hydroxylation is 1. The smallest absolute Gasteiger partial charge is 0.251 e. The average molecular weight is 503 g/mol. The molecule has 4 aromatic rings. The number of aliphatic hydroxyl groups is 1. The Morgan fingerprint density at radius 3 is 2.50 bits per heavy atom. The number of amides is 1. The van der Waals surface area contributed by atoms with Crippen LogP contribution >= 0.6 is 11.8 Å². The van der Waals surface area contributed by atoms with E-state index in [4.69, 9.17) is 0 Å². The van der Waals surface area contributed by atoms with E-state index >= 15 is 0 Å². The van der Waals surface area contributed by atoms with Gasteiger partial charge in [0.25, 0.3) is 5.91 Å². The fourth-order valence-corrected chi connectivity index (χ4v) is 4.96. The Balaban J connectivity index is 1.53.